The Balaban J connectivity index is 1.73. The number of esters is 2. The standard InChI is InChI=1S/C29H33NO8/c1-15(31)37-19-12-28(2)18(10-11-20(28)32)22-24(19)29(3)21(14-36-4)38-27(35)17(23(29)26(34)25(22)33)13-30-16-8-6-5-7-9-16/h5-9,13,18-21,30,32,34H,10-12,14H2,1-4H3/t18-,19+,20-,21+,28-,29-/m0/s1. The molecule has 202 valence electrons. The van der Waals surface area contributed by atoms with Crippen molar-refractivity contribution in [3.8, 4) is 0 Å². The molecule has 38 heavy (non-hydrogen) atoms. The van der Waals surface area contributed by atoms with Crippen molar-refractivity contribution in [1.29, 1.82) is 0 Å². The van der Waals surface area contributed by atoms with Crippen LogP contribution in [0.1, 0.15) is 40.0 Å². The van der Waals surface area contributed by atoms with Gasteiger partial charge in [-0.2, -0.15) is 0 Å². The molecule has 9 heteroatoms. The van der Waals surface area contributed by atoms with Crippen molar-refractivity contribution in [3.05, 3.63) is 64.6 Å². The number of nitrogens with one attached hydrogen (secondary N) is 1. The van der Waals surface area contributed by atoms with E-state index < -0.39 is 52.6 Å². The summed E-state index contributed by atoms with van der Waals surface area (Å²) in [5, 5.41) is 25.5. The van der Waals surface area contributed by atoms with Gasteiger partial charge in [-0.25, -0.2) is 4.79 Å². The van der Waals surface area contributed by atoms with E-state index in [-0.39, 0.29) is 23.7 Å². The van der Waals surface area contributed by atoms with Gasteiger partial charge in [0.05, 0.1) is 23.7 Å². The molecule has 5 rings (SSSR count). The number of allylic oxidation sites excluding steroid dienone is 1. The largest absolute Gasteiger partial charge is 0.504 e. The van der Waals surface area contributed by atoms with E-state index in [0.717, 1.165) is 0 Å². The predicted molar refractivity (Wildman–Crippen MR) is 137 cm³/mol. The van der Waals surface area contributed by atoms with Crippen LogP contribution in [0, 0.1) is 16.7 Å². The molecule has 0 bridgehead atoms. The highest BCUT2D eigenvalue weighted by atomic mass is 16.6. The molecule has 1 heterocycles. The van der Waals surface area contributed by atoms with Crippen LogP contribution in [-0.4, -0.2) is 60.0 Å². The highest BCUT2D eigenvalue weighted by Gasteiger charge is 2.64. The minimum absolute atomic E-state index is 0.00229. The van der Waals surface area contributed by atoms with Gasteiger partial charge in [0, 0.05) is 42.5 Å². The first-order chi connectivity index (χ1) is 18.0. The van der Waals surface area contributed by atoms with E-state index in [1.807, 2.05) is 37.3 Å². The molecule has 2 fully saturated rings. The molecule has 3 N–H and O–H groups in total. The summed E-state index contributed by atoms with van der Waals surface area (Å²) < 4.78 is 17.1. The zero-order valence-electron chi connectivity index (χ0n) is 21.9. The second kappa shape index (κ2) is 9.39. The molecule has 6 atom stereocenters. The van der Waals surface area contributed by atoms with E-state index in [9.17, 15) is 24.6 Å². The third-order valence-electron chi connectivity index (χ3n) is 8.81. The van der Waals surface area contributed by atoms with Crippen LogP contribution in [-0.2, 0) is 28.6 Å². The number of methoxy groups -OCH3 is 1. The molecule has 3 aliphatic carbocycles. The fourth-order valence-corrected chi connectivity index (χ4v) is 6.98. The molecule has 0 aromatic heterocycles. The van der Waals surface area contributed by atoms with Crippen LogP contribution in [0.25, 0.3) is 0 Å². The first kappa shape index (κ1) is 26.2. The summed E-state index contributed by atoms with van der Waals surface area (Å²) in [7, 11) is 1.47. The van der Waals surface area contributed by atoms with Gasteiger partial charge in [-0.05, 0) is 49.8 Å². The van der Waals surface area contributed by atoms with Crippen molar-refractivity contribution in [1.82, 2.24) is 0 Å². The Kier molecular flexibility index (Phi) is 6.47. The predicted octanol–water partition coefficient (Wildman–Crippen LogP) is 3.36. The molecule has 1 aliphatic heterocycles. The smallest absolute Gasteiger partial charge is 0.340 e. The van der Waals surface area contributed by atoms with Crippen molar-refractivity contribution >= 4 is 23.4 Å². The molecule has 9 nitrogen and oxygen atoms in total. The monoisotopic (exact) mass is 523 g/mol. The Labute approximate surface area is 221 Å². The number of Topliss-reactive ketones (excluding diaryl/α,β-unsaturated/α-hetero) is 1. The molecule has 1 saturated heterocycles. The number of ether oxygens (including phenoxy) is 3. The lowest BCUT2D eigenvalue weighted by Gasteiger charge is -2.54. The van der Waals surface area contributed by atoms with Crippen LogP contribution in [0.5, 0.6) is 0 Å². The fraction of sp³-hybridized carbons (Fsp3) is 0.483. The van der Waals surface area contributed by atoms with Crippen molar-refractivity contribution in [2.75, 3.05) is 19.0 Å². The number of aliphatic hydroxyl groups excluding tert-OH is 2. The minimum Gasteiger partial charge on any atom is -0.504 e. The summed E-state index contributed by atoms with van der Waals surface area (Å²) in [4.78, 5) is 39.5. The number of carbonyl (C=O) groups excluding carboxylic acids is 3. The minimum atomic E-state index is -1.24. The average molecular weight is 524 g/mol. The maximum absolute atomic E-state index is 14.0. The molecule has 0 unspecified atom stereocenters. The number of hydrogen-bond donors (Lipinski definition) is 3. The lowest BCUT2D eigenvalue weighted by Crippen LogP contribution is -2.57. The molecule has 0 radical (unpaired) electrons. The van der Waals surface area contributed by atoms with E-state index in [2.05, 4.69) is 5.32 Å². The second-order valence-electron chi connectivity index (χ2n) is 11.0. The maximum atomic E-state index is 14.0. The Hall–Kier alpha value is -3.43. The molecule has 1 saturated carbocycles. The number of rotatable bonds is 5. The molecule has 1 aromatic rings. The van der Waals surface area contributed by atoms with Gasteiger partial charge in [-0.3, -0.25) is 9.59 Å². The normalized spacial score (nSPS) is 35.4. The van der Waals surface area contributed by atoms with E-state index in [0.29, 0.717) is 36.1 Å². The van der Waals surface area contributed by atoms with Gasteiger partial charge in [0.25, 0.3) is 0 Å². The van der Waals surface area contributed by atoms with Crippen LogP contribution in [0.2, 0.25) is 0 Å². The number of aliphatic hydroxyl groups is 2. The van der Waals surface area contributed by atoms with Gasteiger partial charge in [0.15, 0.2) is 5.76 Å². The number of cyclic esters (lactones) is 1. The number of anilines is 1. The molecule has 0 amide bonds. The fourth-order valence-electron chi connectivity index (χ4n) is 6.98. The Morgan fingerprint density at radius 3 is 2.58 bits per heavy atom. The van der Waals surface area contributed by atoms with Gasteiger partial charge >= 0.3 is 11.9 Å². The van der Waals surface area contributed by atoms with Gasteiger partial charge in [-0.15, -0.1) is 0 Å². The van der Waals surface area contributed by atoms with Gasteiger partial charge in [-0.1, -0.05) is 25.1 Å². The Morgan fingerprint density at radius 1 is 1.21 bits per heavy atom. The van der Waals surface area contributed by atoms with E-state index >= 15 is 0 Å². The summed E-state index contributed by atoms with van der Waals surface area (Å²) in [5.41, 5.74) is -0.317. The number of benzene rings is 1. The zero-order chi connectivity index (χ0) is 27.4. The number of fused-ring (bicyclic) bond motifs is 4. The zero-order valence-corrected chi connectivity index (χ0v) is 21.9. The highest BCUT2D eigenvalue weighted by Crippen LogP contribution is 2.63. The number of para-hydroxylation sites is 1. The van der Waals surface area contributed by atoms with Gasteiger partial charge < -0.3 is 29.7 Å². The van der Waals surface area contributed by atoms with Crippen LogP contribution in [0.4, 0.5) is 5.69 Å². The SMILES string of the molecule is COC[C@H]1OC(=O)C(=CNc2ccccc2)C2=C(O)C(=O)C3=C([C@H](OC(C)=O)C[C@]4(C)[C@@H](O)CC[C@@H]34)[C@]21C. The molecule has 0 spiro atoms. The van der Waals surface area contributed by atoms with E-state index in [4.69, 9.17) is 14.2 Å². The summed E-state index contributed by atoms with van der Waals surface area (Å²) in [6.07, 6.45) is 0.276. The van der Waals surface area contributed by atoms with Crippen molar-refractivity contribution in [3.63, 3.8) is 0 Å². The number of ketones is 1. The topological polar surface area (TPSA) is 131 Å². The lowest BCUT2D eigenvalue weighted by molar-refractivity contribution is -0.160. The average Bonchev–Trinajstić information content (AvgIpc) is 3.16. The van der Waals surface area contributed by atoms with Crippen LogP contribution >= 0.6 is 0 Å². The second-order valence-corrected chi connectivity index (χ2v) is 11.0. The van der Waals surface area contributed by atoms with Crippen molar-refractivity contribution in [2.24, 2.45) is 16.7 Å². The molecular formula is C29H33NO8. The van der Waals surface area contributed by atoms with Gasteiger partial charge in [0.2, 0.25) is 5.78 Å². The van der Waals surface area contributed by atoms with Crippen LogP contribution < -0.4 is 5.32 Å². The molecule has 4 aliphatic rings. The summed E-state index contributed by atoms with van der Waals surface area (Å²) in [5.74, 6) is -2.77. The molecule has 1 aromatic carbocycles. The highest BCUT2D eigenvalue weighted by molar-refractivity contribution is 6.13. The Bertz CT molecular complexity index is 1280. The van der Waals surface area contributed by atoms with E-state index in [1.54, 1.807) is 6.92 Å². The van der Waals surface area contributed by atoms with Crippen molar-refractivity contribution in [2.45, 2.75) is 58.3 Å². The van der Waals surface area contributed by atoms with Crippen LogP contribution in [0.15, 0.2) is 64.6 Å². The summed E-state index contributed by atoms with van der Waals surface area (Å²) in [6.45, 7) is 4.96. The number of hydrogen-bond acceptors (Lipinski definition) is 9. The first-order valence-corrected chi connectivity index (χ1v) is 12.8. The van der Waals surface area contributed by atoms with Crippen LogP contribution in [0.3, 0.4) is 0 Å². The number of carbonyl (C=O) groups is 3. The summed E-state index contributed by atoms with van der Waals surface area (Å²) >= 11 is 0. The Morgan fingerprint density at radius 2 is 1.92 bits per heavy atom. The lowest BCUT2D eigenvalue weighted by atomic mass is 9.53. The van der Waals surface area contributed by atoms with E-state index in [1.165, 1.54) is 20.2 Å². The third kappa shape index (κ3) is 3.79. The quantitative estimate of drug-likeness (QED) is 0.393. The molecular weight excluding hydrogens is 490 g/mol. The summed E-state index contributed by atoms with van der Waals surface area (Å²) in [6, 6.07) is 9.13. The van der Waals surface area contributed by atoms with Gasteiger partial charge in [0.1, 0.15) is 12.2 Å². The maximum Gasteiger partial charge on any atom is 0.340 e. The van der Waals surface area contributed by atoms with Crippen molar-refractivity contribution < 1.29 is 38.8 Å². The first-order valence-electron chi connectivity index (χ1n) is 12.8. The third-order valence-corrected chi connectivity index (χ3v) is 8.81.